The number of halogens is 2. The van der Waals surface area contributed by atoms with E-state index in [1.165, 1.54) is 7.11 Å². The first-order valence-corrected chi connectivity index (χ1v) is 8.65. The summed E-state index contributed by atoms with van der Waals surface area (Å²) in [6.07, 6.45) is 1.59. The van der Waals surface area contributed by atoms with E-state index in [1.807, 2.05) is 43.3 Å². The van der Waals surface area contributed by atoms with Gasteiger partial charge in [0, 0.05) is 23.0 Å². The van der Waals surface area contributed by atoms with Crippen molar-refractivity contribution in [3.63, 3.8) is 0 Å². The number of nitrogens with zero attached hydrogens (tertiary/aromatic N) is 2. The van der Waals surface area contributed by atoms with Crippen LogP contribution in [0.25, 0.3) is 0 Å². The van der Waals surface area contributed by atoms with Gasteiger partial charge in [-0.2, -0.15) is 5.10 Å². The molecule has 2 rings (SSSR count). The van der Waals surface area contributed by atoms with Crippen molar-refractivity contribution < 1.29 is 9.53 Å². The van der Waals surface area contributed by atoms with Gasteiger partial charge in [-0.15, -0.1) is 0 Å². The minimum absolute atomic E-state index is 0.339. The third-order valence-electron chi connectivity index (χ3n) is 3.24. The molecule has 2 aromatic carbocycles. The van der Waals surface area contributed by atoms with E-state index < -0.39 is 0 Å². The van der Waals surface area contributed by atoms with E-state index in [9.17, 15) is 4.79 Å². The zero-order valence-corrected chi connectivity index (χ0v) is 16.7. The Morgan fingerprint density at radius 2 is 1.96 bits per heavy atom. The Morgan fingerprint density at radius 3 is 2.58 bits per heavy atom. The fraction of sp³-hybridized carbons (Fsp3) is 0.176. The van der Waals surface area contributed by atoms with Crippen molar-refractivity contribution in [2.24, 2.45) is 5.10 Å². The number of hydrogen-bond donors (Lipinski definition) is 1. The predicted octanol–water partition coefficient (Wildman–Crippen LogP) is 4.05. The number of methoxy groups -OCH3 is 1. The highest BCUT2D eigenvalue weighted by atomic mass is 79.9. The molecule has 0 aliphatic carbocycles. The van der Waals surface area contributed by atoms with Crippen molar-refractivity contribution in [2.45, 2.75) is 0 Å². The van der Waals surface area contributed by atoms with Crippen molar-refractivity contribution in [1.82, 2.24) is 5.43 Å². The van der Waals surface area contributed by atoms with Gasteiger partial charge in [0.1, 0.15) is 5.75 Å². The van der Waals surface area contributed by atoms with Gasteiger partial charge in [-0.25, -0.2) is 5.43 Å². The number of amides is 1. The van der Waals surface area contributed by atoms with E-state index in [2.05, 4.69) is 42.4 Å². The smallest absolute Gasteiger partial charge is 0.275 e. The number of nitrogens with one attached hydrogen (secondary N) is 1. The molecule has 0 spiro atoms. The molecule has 126 valence electrons. The van der Waals surface area contributed by atoms with Crippen LogP contribution in [0.1, 0.15) is 15.9 Å². The molecule has 0 fully saturated rings. The predicted molar refractivity (Wildman–Crippen MR) is 104 cm³/mol. The second kappa shape index (κ2) is 8.30. The fourth-order valence-electron chi connectivity index (χ4n) is 2.05. The molecule has 0 atom stereocenters. The molecule has 0 bridgehead atoms. The summed E-state index contributed by atoms with van der Waals surface area (Å²) in [6, 6.07) is 11.1. The van der Waals surface area contributed by atoms with Crippen LogP contribution in [-0.4, -0.2) is 33.3 Å². The second-order valence-electron chi connectivity index (χ2n) is 5.15. The minimum atomic E-state index is -0.339. The zero-order chi connectivity index (χ0) is 17.7. The molecule has 0 heterocycles. The molecule has 2 aromatic rings. The van der Waals surface area contributed by atoms with Gasteiger partial charge in [0.25, 0.3) is 5.91 Å². The van der Waals surface area contributed by atoms with Crippen LogP contribution < -0.4 is 15.1 Å². The normalized spacial score (nSPS) is 10.7. The molecule has 24 heavy (non-hydrogen) atoms. The lowest BCUT2D eigenvalue weighted by Crippen LogP contribution is -2.18. The van der Waals surface area contributed by atoms with Gasteiger partial charge < -0.3 is 9.64 Å². The summed E-state index contributed by atoms with van der Waals surface area (Å²) in [5.74, 6) is 0.150. The molecule has 7 heteroatoms. The monoisotopic (exact) mass is 453 g/mol. The van der Waals surface area contributed by atoms with E-state index >= 15 is 0 Å². The Kier molecular flexibility index (Phi) is 6.39. The highest BCUT2D eigenvalue weighted by Crippen LogP contribution is 2.25. The number of anilines is 1. The zero-order valence-electron chi connectivity index (χ0n) is 13.5. The summed E-state index contributed by atoms with van der Waals surface area (Å²) in [5, 5.41) is 4.01. The molecule has 5 nitrogen and oxygen atoms in total. The lowest BCUT2D eigenvalue weighted by Gasteiger charge is -2.14. The largest absolute Gasteiger partial charge is 0.496 e. The summed E-state index contributed by atoms with van der Waals surface area (Å²) < 4.78 is 6.94. The summed E-state index contributed by atoms with van der Waals surface area (Å²) in [6.45, 7) is 0. The Labute approximate surface area is 157 Å². The maximum absolute atomic E-state index is 12.2. The van der Waals surface area contributed by atoms with Gasteiger partial charge in [0.2, 0.25) is 0 Å². The van der Waals surface area contributed by atoms with E-state index in [1.54, 1.807) is 18.3 Å². The van der Waals surface area contributed by atoms with Gasteiger partial charge in [-0.1, -0.05) is 22.0 Å². The molecular formula is C17H17Br2N3O2. The summed E-state index contributed by atoms with van der Waals surface area (Å²) in [7, 11) is 5.46. The first-order valence-electron chi connectivity index (χ1n) is 7.06. The van der Waals surface area contributed by atoms with Crippen LogP contribution >= 0.6 is 31.9 Å². The number of benzene rings is 2. The van der Waals surface area contributed by atoms with E-state index in [0.29, 0.717) is 11.3 Å². The second-order valence-corrected chi connectivity index (χ2v) is 6.92. The highest BCUT2D eigenvalue weighted by Gasteiger charge is 2.12. The number of carbonyl (C=O) groups excluding carboxylic acids is 1. The standard InChI is InChI=1S/C17H17Br2N3O2/c1-22(2)15-6-4-11(8-14(15)19)10-20-21-17(23)13-9-12(18)5-7-16(13)24-3/h4-10H,1-3H3,(H,21,23)/b20-10-. The summed E-state index contributed by atoms with van der Waals surface area (Å²) in [4.78, 5) is 14.2. The van der Waals surface area contributed by atoms with Gasteiger partial charge in [0.05, 0.1) is 24.6 Å². The topological polar surface area (TPSA) is 53.9 Å². The third-order valence-corrected chi connectivity index (χ3v) is 4.37. The minimum Gasteiger partial charge on any atom is -0.496 e. The molecule has 0 aromatic heterocycles. The molecular weight excluding hydrogens is 438 g/mol. The number of hydrazone groups is 1. The van der Waals surface area contributed by atoms with Gasteiger partial charge in [-0.05, 0) is 51.8 Å². The van der Waals surface area contributed by atoms with E-state index in [0.717, 1.165) is 20.2 Å². The van der Waals surface area contributed by atoms with Crippen molar-refractivity contribution in [1.29, 1.82) is 0 Å². The van der Waals surface area contributed by atoms with E-state index in [-0.39, 0.29) is 5.91 Å². The Balaban J connectivity index is 2.10. The van der Waals surface area contributed by atoms with Crippen molar-refractivity contribution in [2.75, 3.05) is 26.1 Å². The molecule has 0 unspecified atom stereocenters. The van der Waals surface area contributed by atoms with Crippen LogP contribution in [0.3, 0.4) is 0 Å². The van der Waals surface area contributed by atoms with Crippen LogP contribution in [0.5, 0.6) is 5.75 Å². The third kappa shape index (κ3) is 4.58. The molecule has 1 N–H and O–H groups in total. The lowest BCUT2D eigenvalue weighted by atomic mass is 10.2. The Hall–Kier alpha value is -1.86. The van der Waals surface area contributed by atoms with Crippen molar-refractivity contribution in [3.05, 3.63) is 56.5 Å². The SMILES string of the molecule is COc1ccc(Br)cc1C(=O)N/N=C\c1ccc(N(C)C)c(Br)c1. The maximum Gasteiger partial charge on any atom is 0.275 e. The highest BCUT2D eigenvalue weighted by molar-refractivity contribution is 9.10. The van der Waals surface area contributed by atoms with Crippen molar-refractivity contribution in [3.8, 4) is 5.75 Å². The van der Waals surface area contributed by atoms with Crippen LogP contribution in [0, 0.1) is 0 Å². The van der Waals surface area contributed by atoms with Crippen LogP contribution in [0.4, 0.5) is 5.69 Å². The molecule has 0 radical (unpaired) electrons. The van der Waals surface area contributed by atoms with Crippen molar-refractivity contribution >= 4 is 49.7 Å². The first kappa shape index (κ1) is 18.5. The summed E-state index contributed by atoms with van der Waals surface area (Å²) >= 11 is 6.86. The van der Waals surface area contributed by atoms with Crippen LogP contribution in [0.2, 0.25) is 0 Å². The molecule has 0 aliphatic rings. The summed E-state index contributed by atoms with van der Waals surface area (Å²) in [5.41, 5.74) is 4.85. The number of hydrogen-bond acceptors (Lipinski definition) is 4. The van der Waals surface area contributed by atoms with Gasteiger partial charge in [0.15, 0.2) is 0 Å². The molecule has 0 saturated heterocycles. The first-order chi connectivity index (χ1) is 11.4. The average molecular weight is 455 g/mol. The van der Waals surface area contributed by atoms with Crippen LogP contribution in [-0.2, 0) is 0 Å². The van der Waals surface area contributed by atoms with Crippen LogP contribution in [0.15, 0.2) is 50.4 Å². The average Bonchev–Trinajstić information content (AvgIpc) is 2.54. The number of ether oxygens (including phenoxy) is 1. The van der Waals surface area contributed by atoms with E-state index in [4.69, 9.17) is 4.74 Å². The Bertz CT molecular complexity index is 776. The number of rotatable bonds is 5. The van der Waals surface area contributed by atoms with Gasteiger partial charge >= 0.3 is 0 Å². The lowest BCUT2D eigenvalue weighted by molar-refractivity contribution is 0.0952. The molecule has 1 amide bonds. The quantitative estimate of drug-likeness (QED) is 0.547. The maximum atomic E-state index is 12.2. The molecule has 0 aliphatic heterocycles. The van der Waals surface area contributed by atoms with Gasteiger partial charge in [-0.3, -0.25) is 4.79 Å². The Morgan fingerprint density at radius 1 is 1.21 bits per heavy atom. The number of carbonyl (C=O) groups is 1. The fourth-order valence-corrected chi connectivity index (χ4v) is 3.16. The molecule has 0 saturated carbocycles.